The highest BCUT2D eigenvalue weighted by molar-refractivity contribution is 5.96. The Bertz CT molecular complexity index is 366. The van der Waals surface area contributed by atoms with Crippen LogP contribution in [0.25, 0.3) is 0 Å². The van der Waals surface area contributed by atoms with Crippen molar-refractivity contribution in [3.05, 3.63) is 29.6 Å². The molecule has 0 saturated carbocycles. The van der Waals surface area contributed by atoms with Crippen molar-refractivity contribution in [1.82, 2.24) is 5.32 Å². The summed E-state index contributed by atoms with van der Waals surface area (Å²) in [5, 5.41) is 12.0. The lowest BCUT2D eigenvalue weighted by atomic mass is 10.2. The molecule has 16 heavy (non-hydrogen) atoms. The minimum Gasteiger partial charge on any atom is -0.507 e. The van der Waals surface area contributed by atoms with Gasteiger partial charge in [0.15, 0.2) is 0 Å². The molecule has 3 nitrogen and oxygen atoms in total. The average molecular weight is 225 g/mol. The second-order valence-electron chi connectivity index (χ2n) is 3.62. The van der Waals surface area contributed by atoms with E-state index in [2.05, 4.69) is 12.2 Å². The van der Waals surface area contributed by atoms with Crippen molar-refractivity contribution in [3.63, 3.8) is 0 Å². The van der Waals surface area contributed by atoms with Crippen molar-refractivity contribution in [2.45, 2.75) is 26.2 Å². The largest absolute Gasteiger partial charge is 0.507 e. The highest BCUT2D eigenvalue weighted by Crippen LogP contribution is 2.17. The molecule has 1 rings (SSSR count). The van der Waals surface area contributed by atoms with Crippen molar-refractivity contribution >= 4 is 5.91 Å². The van der Waals surface area contributed by atoms with Gasteiger partial charge in [-0.1, -0.05) is 19.8 Å². The molecule has 0 aromatic heterocycles. The molecule has 4 heteroatoms. The van der Waals surface area contributed by atoms with E-state index in [0.29, 0.717) is 6.54 Å². The zero-order chi connectivity index (χ0) is 12.0. The van der Waals surface area contributed by atoms with Crippen molar-refractivity contribution in [2.24, 2.45) is 0 Å². The predicted molar refractivity (Wildman–Crippen MR) is 59.9 cm³/mol. The summed E-state index contributed by atoms with van der Waals surface area (Å²) in [5.74, 6) is -1.25. The number of phenols is 1. The van der Waals surface area contributed by atoms with E-state index in [1.54, 1.807) is 0 Å². The molecular formula is C12H16FNO2. The second kappa shape index (κ2) is 6.10. The van der Waals surface area contributed by atoms with E-state index in [0.717, 1.165) is 31.4 Å². The summed E-state index contributed by atoms with van der Waals surface area (Å²) < 4.78 is 12.7. The molecule has 0 bridgehead atoms. The molecule has 0 atom stereocenters. The highest BCUT2D eigenvalue weighted by atomic mass is 19.1. The Morgan fingerprint density at radius 1 is 1.44 bits per heavy atom. The number of hydrogen-bond donors (Lipinski definition) is 2. The van der Waals surface area contributed by atoms with Gasteiger partial charge in [-0.15, -0.1) is 0 Å². The first-order chi connectivity index (χ1) is 7.65. The third-order valence-electron chi connectivity index (χ3n) is 2.27. The molecule has 0 aliphatic heterocycles. The smallest absolute Gasteiger partial charge is 0.255 e. The van der Waals surface area contributed by atoms with Crippen LogP contribution in [0.15, 0.2) is 18.2 Å². The minimum absolute atomic E-state index is 0.109. The van der Waals surface area contributed by atoms with E-state index >= 15 is 0 Å². The monoisotopic (exact) mass is 225 g/mol. The molecule has 1 amide bonds. The third-order valence-corrected chi connectivity index (χ3v) is 2.27. The lowest BCUT2D eigenvalue weighted by molar-refractivity contribution is 0.0950. The van der Waals surface area contributed by atoms with Gasteiger partial charge in [0, 0.05) is 12.6 Å². The van der Waals surface area contributed by atoms with Gasteiger partial charge in [-0.2, -0.15) is 0 Å². The van der Waals surface area contributed by atoms with Gasteiger partial charge >= 0.3 is 0 Å². The van der Waals surface area contributed by atoms with E-state index < -0.39 is 5.82 Å². The predicted octanol–water partition coefficient (Wildman–Crippen LogP) is 2.45. The Labute approximate surface area is 94.3 Å². The maximum Gasteiger partial charge on any atom is 0.255 e. The molecule has 0 fully saturated rings. The lowest BCUT2D eigenvalue weighted by Crippen LogP contribution is -2.24. The number of rotatable bonds is 5. The van der Waals surface area contributed by atoms with Crippen LogP contribution in [-0.2, 0) is 0 Å². The standard InChI is InChI=1S/C12H16FNO2/c1-2-3-4-7-14-12(16)10-6-5-9(13)8-11(10)15/h5-6,8,15H,2-4,7H2,1H3,(H,14,16). The Morgan fingerprint density at radius 2 is 2.19 bits per heavy atom. The number of carbonyl (C=O) groups excluding carboxylic acids is 1. The number of amides is 1. The molecule has 0 saturated heterocycles. The van der Waals surface area contributed by atoms with Crippen LogP contribution in [0.3, 0.4) is 0 Å². The van der Waals surface area contributed by atoms with Gasteiger partial charge in [-0.25, -0.2) is 4.39 Å². The highest BCUT2D eigenvalue weighted by Gasteiger charge is 2.10. The van der Waals surface area contributed by atoms with Gasteiger partial charge in [-0.3, -0.25) is 4.79 Å². The number of benzene rings is 1. The number of aromatic hydroxyl groups is 1. The van der Waals surface area contributed by atoms with Crippen molar-refractivity contribution in [2.75, 3.05) is 6.54 Å². The molecule has 0 aliphatic rings. The second-order valence-corrected chi connectivity index (χ2v) is 3.62. The van der Waals surface area contributed by atoms with Crippen LogP contribution in [0.1, 0.15) is 36.5 Å². The van der Waals surface area contributed by atoms with Gasteiger partial charge in [0.2, 0.25) is 0 Å². The molecule has 0 spiro atoms. The number of halogens is 1. The maximum atomic E-state index is 12.7. The van der Waals surface area contributed by atoms with E-state index in [4.69, 9.17) is 0 Å². The van der Waals surface area contributed by atoms with Crippen LogP contribution >= 0.6 is 0 Å². The van der Waals surface area contributed by atoms with E-state index in [-0.39, 0.29) is 17.2 Å². The third kappa shape index (κ3) is 3.53. The number of nitrogens with one attached hydrogen (secondary N) is 1. The minimum atomic E-state index is -0.556. The SMILES string of the molecule is CCCCCNC(=O)c1ccc(F)cc1O. The summed E-state index contributed by atoms with van der Waals surface area (Å²) >= 11 is 0. The number of unbranched alkanes of at least 4 members (excludes halogenated alkanes) is 2. The molecule has 1 aromatic carbocycles. The Balaban J connectivity index is 2.53. The van der Waals surface area contributed by atoms with Gasteiger partial charge < -0.3 is 10.4 Å². The summed E-state index contributed by atoms with van der Waals surface area (Å²) in [6.45, 7) is 2.65. The normalized spacial score (nSPS) is 10.1. The van der Waals surface area contributed by atoms with Crippen LogP contribution in [-0.4, -0.2) is 17.6 Å². The molecule has 0 unspecified atom stereocenters. The Hall–Kier alpha value is -1.58. The summed E-state index contributed by atoms with van der Waals surface area (Å²) in [7, 11) is 0. The van der Waals surface area contributed by atoms with Crippen LogP contribution < -0.4 is 5.32 Å². The summed E-state index contributed by atoms with van der Waals surface area (Å²) in [6, 6.07) is 3.36. The number of hydrogen-bond acceptors (Lipinski definition) is 2. The van der Waals surface area contributed by atoms with Gasteiger partial charge in [0.1, 0.15) is 11.6 Å². The van der Waals surface area contributed by atoms with Gasteiger partial charge in [0.05, 0.1) is 5.56 Å². The first-order valence-corrected chi connectivity index (χ1v) is 5.42. The van der Waals surface area contributed by atoms with Crippen molar-refractivity contribution < 1.29 is 14.3 Å². The van der Waals surface area contributed by atoms with Crippen LogP contribution in [0.5, 0.6) is 5.75 Å². The Kier molecular flexibility index (Phi) is 4.76. The quantitative estimate of drug-likeness (QED) is 0.756. The lowest BCUT2D eigenvalue weighted by Gasteiger charge is -2.06. The Morgan fingerprint density at radius 3 is 2.81 bits per heavy atom. The zero-order valence-electron chi connectivity index (χ0n) is 9.29. The fourth-order valence-electron chi connectivity index (χ4n) is 1.37. The summed E-state index contributed by atoms with van der Waals surface area (Å²) in [6.07, 6.45) is 3.04. The number of carbonyl (C=O) groups is 1. The summed E-state index contributed by atoms with van der Waals surface area (Å²) in [5.41, 5.74) is 0.109. The van der Waals surface area contributed by atoms with Crippen LogP contribution in [0.2, 0.25) is 0 Å². The molecule has 0 aliphatic carbocycles. The maximum absolute atomic E-state index is 12.7. The molecule has 88 valence electrons. The zero-order valence-corrected chi connectivity index (χ0v) is 9.29. The summed E-state index contributed by atoms with van der Waals surface area (Å²) in [4.78, 5) is 11.5. The molecule has 0 heterocycles. The fourth-order valence-corrected chi connectivity index (χ4v) is 1.37. The van der Waals surface area contributed by atoms with Crippen LogP contribution in [0.4, 0.5) is 4.39 Å². The van der Waals surface area contributed by atoms with E-state index in [1.807, 2.05) is 0 Å². The molecule has 2 N–H and O–H groups in total. The van der Waals surface area contributed by atoms with Crippen molar-refractivity contribution in [1.29, 1.82) is 0 Å². The van der Waals surface area contributed by atoms with Gasteiger partial charge in [0.25, 0.3) is 5.91 Å². The van der Waals surface area contributed by atoms with Crippen LogP contribution in [0, 0.1) is 5.82 Å². The fraction of sp³-hybridized carbons (Fsp3) is 0.417. The first-order valence-electron chi connectivity index (χ1n) is 5.42. The van der Waals surface area contributed by atoms with E-state index in [1.165, 1.54) is 6.07 Å². The number of phenolic OH excluding ortho intramolecular Hbond substituents is 1. The average Bonchev–Trinajstić information content (AvgIpc) is 2.24. The molecular weight excluding hydrogens is 209 g/mol. The molecule has 1 aromatic rings. The topological polar surface area (TPSA) is 49.3 Å². The first kappa shape index (κ1) is 12.5. The van der Waals surface area contributed by atoms with Crippen molar-refractivity contribution in [3.8, 4) is 5.75 Å². The van der Waals surface area contributed by atoms with Gasteiger partial charge in [-0.05, 0) is 18.6 Å². The van der Waals surface area contributed by atoms with E-state index in [9.17, 15) is 14.3 Å². The molecule has 0 radical (unpaired) electrons.